The zero-order valence-electron chi connectivity index (χ0n) is 13.2. The molecule has 0 aromatic carbocycles. The van der Waals surface area contributed by atoms with Gasteiger partial charge in [-0.25, -0.2) is 0 Å². The number of nitrogens with one attached hydrogen (secondary N) is 1. The van der Waals surface area contributed by atoms with Gasteiger partial charge in [0.1, 0.15) is 5.54 Å². The molecule has 2 amide bonds. The number of piperazine rings is 1. The molecule has 20 heavy (non-hydrogen) atoms. The topological polar surface area (TPSA) is 58.6 Å². The van der Waals surface area contributed by atoms with Gasteiger partial charge < -0.3 is 15.0 Å². The van der Waals surface area contributed by atoms with Gasteiger partial charge in [-0.2, -0.15) is 0 Å². The average Bonchev–Trinajstić information content (AvgIpc) is 2.41. The summed E-state index contributed by atoms with van der Waals surface area (Å²) in [6, 6.07) is 0. The molecule has 1 aliphatic heterocycles. The van der Waals surface area contributed by atoms with E-state index in [2.05, 4.69) is 5.32 Å². The van der Waals surface area contributed by atoms with Crippen LogP contribution in [0.2, 0.25) is 0 Å². The lowest BCUT2D eigenvalue weighted by Gasteiger charge is -2.41. The molecule has 1 heterocycles. The summed E-state index contributed by atoms with van der Waals surface area (Å²) >= 11 is 0. The quantitative estimate of drug-likeness (QED) is 0.690. The van der Waals surface area contributed by atoms with Gasteiger partial charge in [-0.3, -0.25) is 9.59 Å². The van der Waals surface area contributed by atoms with Crippen molar-refractivity contribution in [1.29, 1.82) is 0 Å². The molecule has 0 unspecified atom stereocenters. The number of rotatable bonds is 8. The van der Waals surface area contributed by atoms with Crippen LogP contribution in [-0.4, -0.2) is 48.1 Å². The zero-order chi connectivity index (χ0) is 15.2. The monoisotopic (exact) mass is 284 g/mol. The molecule has 0 radical (unpaired) electrons. The van der Waals surface area contributed by atoms with E-state index in [4.69, 9.17) is 4.74 Å². The fraction of sp³-hybridized carbons (Fsp3) is 0.867. The van der Waals surface area contributed by atoms with Gasteiger partial charge in [-0.1, -0.05) is 13.8 Å². The van der Waals surface area contributed by atoms with Crippen molar-refractivity contribution in [3.63, 3.8) is 0 Å². The Morgan fingerprint density at radius 3 is 2.45 bits per heavy atom. The molecule has 0 spiro atoms. The Bertz CT molecular complexity index is 338. The standard InChI is InChI=1S/C15H28N2O3/c1-5-15(6-2)14(19)17(11-13(18)16-15)9-7-8-10-20-12(3)4/h12H,5-11H2,1-4H3,(H,16,18). The normalized spacial score (nSPS) is 18.6. The van der Waals surface area contributed by atoms with Crippen molar-refractivity contribution < 1.29 is 14.3 Å². The molecule has 116 valence electrons. The number of nitrogens with zero attached hydrogens (tertiary/aromatic N) is 1. The molecule has 5 nitrogen and oxygen atoms in total. The number of hydrogen-bond donors (Lipinski definition) is 1. The molecule has 5 heteroatoms. The second-order valence-electron chi connectivity index (χ2n) is 5.69. The minimum atomic E-state index is -0.691. The molecule has 0 bridgehead atoms. The summed E-state index contributed by atoms with van der Waals surface area (Å²) in [5.74, 6) is 0.0126. The Morgan fingerprint density at radius 2 is 1.90 bits per heavy atom. The number of amides is 2. The SMILES string of the molecule is CCC1(CC)NC(=O)CN(CCCCOC(C)C)C1=O. The van der Waals surface area contributed by atoms with Crippen LogP contribution >= 0.6 is 0 Å². The van der Waals surface area contributed by atoms with E-state index in [9.17, 15) is 9.59 Å². The van der Waals surface area contributed by atoms with Crippen LogP contribution in [0, 0.1) is 0 Å². The van der Waals surface area contributed by atoms with E-state index in [1.807, 2.05) is 27.7 Å². The van der Waals surface area contributed by atoms with Crippen LogP contribution in [-0.2, 0) is 14.3 Å². The molecule has 0 aromatic heterocycles. The first-order chi connectivity index (χ1) is 9.45. The van der Waals surface area contributed by atoms with E-state index >= 15 is 0 Å². The van der Waals surface area contributed by atoms with Crippen LogP contribution in [0.3, 0.4) is 0 Å². The first kappa shape index (κ1) is 17.0. The summed E-state index contributed by atoms with van der Waals surface area (Å²) in [5, 5.41) is 2.87. The molecule has 1 N–H and O–H groups in total. The molecule has 1 aliphatic rings. The fourth-order valence-electron chi connectivity index (χ4n) is 2.54. The number of hydrogen-bond acceptors (Lipinski definition) is 3. The predicted octanol–water partition coefficient (Wildman–Crippen LogP) is 1.71. The molecule has 0 saturated carbocycles. The summed E-state index contributed by atoms with van der Waals surface area (Å²) < 4.78 is 5.48. The van der Waals surface area contributed by atoms with Crippen LogP contribution in [0.5, 0.6) is 0 Å². The van der Waals surface area contributed by atoms with E-state index in [0.717, 1.165) is 12.8 Å². The van der Waals surface area contributed by atoms with E-state index in [0.29, 0.717) is 26.0 Å². The largest absolute Gasteiger partial charge is 0.379 e. The van der Waals surface area contributed by atoms with Crippen molar-refractivity contribution in [3.05, 3.63) is 0 Å². The summed E-state index contributed by atoms with van der Waals surface area (Å²) in [4.78, 5) is 26.0. The number of carbonyl (C=O) groups excluding carboxylic acids is 2. The maximum Gasteiger partial charge on any atom is 0.248 e. The lowest BCUT2D eigenvalue weighted by atomic mass is 9.89. The van der Waals surface area contributed by atoms with Gasteiger partial charge in [0, 0.05) is 13.2 Å². The van der Waals surface area contributed by atoms with E-state index in [1.165, 1.54) is 0 Å². The van der Waals surface area contributed by atoms with Crippen molar-refractivity contribution in [1.82, 2.24) is 10.2 Å². The number of unbranched alkanes of at least 4 members (excludes halogenated alkanes) is 1. The maximum atomic E-state index is 12.5. The van der Waals surface area contributed by atoms with Gasteiger partial charge >= 0.3 is 0 Å². The Hall–Kier alpha value is -1.10. The molecular formula is C15H28N2O3. The van der Waals surface area contributed by atoms with Crippen molar-refractivity contribution in [3.8, 4) is 0 Å². The molecule has 0 atom stereocenters. The number of carbonyl (C=O) groups is 2. The maximum absolute atomic E-state index is 12.5. The Balaban J connectivity index is 2.48. The highest BCUT2D eigenvalue weighted by Gasteiger charge is 2.43. The molecule has 1 saturated heterocycles. The minimum Gasteiger partial charge on any atom is -0.379 e. The fourth-order valence-corrected chi connectivity index (χ4v) is 2.54. The highest BCUT2D eigenvalue weighted by atomic mass is 16.5. The summed E-state index contributed by atoms with van der Waals surface area (Å²) in [5.41, 5.74) is -0.691. The third-order valence-electron chi connectivity index (χ3n) is 3.89. The van der Waals surface area contributed by atoms with Gasteiger partial charge in [0.25, 0.3) is 0 Å². The molecule has 1 rings (SSSR count). The van der Waals surface area contributed by atoms with E-state index in [1.54, 1.807) is 4.90 Å². The Morgan fingerprint density at radius 1 is 1.25 bits per heavy atom. The van der Waals surface area contributed by atoms with E-state index < -0.39 is 5.54 Å². The molecule has 1 fully saturated rings. The first-order valence-corrected chi connectivity index (χ1v) is 7.67. The zero-order valence-corrected chi connectivity index (χ0v) is 13.2. The molecular weight excluding hydrogens is 256 g/mol. The third kappa shape index (κ3) is 4.20. The second-order valence-corrected chi connectivity index (χ2v) is 5.69. The van der Waals surface area contributed by atoms with Crippen LogP contribution in [0.4, 0.5) is 0 Å². The first-order valence-electron chi connectivity index (χ1n) is 7.67. The van der Waals surface area contributed by atoms with Crippen molar-refractivity contribution in [2.45, 2.75) is 65.0 Å². The molecule has 0 aromatic rings. The lowest BCUT2D eigenvalue weighted by molar-refractivity contribution is -0.150. The lowest BCUT2D eigenvalue weighted by Crippen LogP contribution is -2.66. The number of ether oxygens (including phenoxy) is 1. The minimum absolute atomic E-state index is 0.0493. The van der Waals surface area contributed by atoms with Gasteiger partial charge in [-0.05, 0) is 39.5 Å². The van der Waals surface area contributed by atoms with Gasteiger partial charge in [0.2, 0.25) is 11.8 Å². The third-order valence-corrected chi connectivity index (χ3v) is 3.89. The Kier molecular flexibility index (Phi) is 6.46. The highest BCUT2D eigenvalue weighted by molar-refractivity contribution is 5.97. The van der Waals surface area contributed by atoms with Crippen molar-refractivity contribution in [2.24, 2.45) is 0 Å². The van der Waals surface area contributed by atoms with Crippen molar-refractivity contribution in [2.75, 3.05) is 19.7 Å². The van der Waals surface area contributed by atoms with Crippen LogP contribution in [0.15, 0.2) is 0 Å². The molecule has 0 aliphatic carbocycles. The smallest absolute Gasteiger partial charge is 0.248 e. The van der Waals surface area contributed by atoms with Gasteiger partial charge in [-0.15, -0.1) is 0 Å². The van der Waals surface area contributed by atoms with Crippen LogP contribution < -0.4 is 5.32 Å². The van der Waals surface area contributed by atoms with Gasteiger partial charge in [0.15, 0.2) is 0 Å². The van der Waals surface area contributed by atoms with Crippen LogP contribution in [0.25, 0.3) is 0 Å². The van der Waals surface area contributed by atoms with Crippen molar-refractivity contribution >= 4 is 11.8 Å². The average molecular weight is 284 g/mol. The van der Waals surface area contributed by atoms with Gasteiger partial charge in [0.05, 0.1) is 12.6 Å². The Labute approximate surface area is 122 Å². The summed E-state index contributed by atoms with van der Waals surface area (Å²) in [7, 11) is 0. The van der Waals surface area contributed by atoms with E-state index in [-0.39, 0.29) is 24.5 Å². The van der Waals surface area contributed by atoms with Crippen LogP contribution in [0.1, 0.15) is 53.4 Å². The summed E-state index contributed by atoms with van der Waals surface area (Å²) in [6.45, 7) is 9.44. The predicted molar refractivity (Wildman–Crippen MR) is 78.4 cm³/mol. The highest BCUT2D eigenvalue weighted by Crippen LogP contribution is 2.22. The summed E-state index contributed by atoms with van der Waals surface area (Å²) in [6.07, 6.45) is 3.30. The second kappa shape index (κ2) is 7.62.